The zero-order valence-electron chi connectivity index (χ0n) is 13.2. The van der Waals surface area contributed by atoms with Crippen LogP contribution in [0.15, 0.2) is 11.6 Å². The fourth-order valence-corrected chi connectivity index (χ4v) is 2.17. The predicted octanol–water partition coefficient (Wildman–Crippen LogP) is 3.49. The second-order valence-electron chi connectivity index (χ2n) is 5.65. The molecule has 2 N–H and O–H groups in total. The fraction of sp³-hybridized carbons (Fsp3) is 0.812. The number of nitrogens with two attached hydrogens (primary N) is 1. The van der Waals surface area contributed by atoms with Gasteiger partial charge in [-0.3, -0.25) is 4.79 Å². The molecule has 0 bridgehead atoms. The molecule has 0 fully saturated rings. The minimum absolute atomic E-state index is 0.314. The molecule has 0 spiro atoms. The number of likely N-dealkylation sites (N-methyl/N-ethyl adjacent to an activating group) is 1. The standard InChI is InChI=1S/C16H32N2O/c1-5-6-7-8-9-10-11-12-15(18(3)4)13-14(2)16(17)19/h13,15H,5-12H2,1-4H3,(H2,17,19). The van der Waals surface area contributed by atoms with Crippen LogP contribution in [0.3, 0.4) is 0 Å². The lowest BCUT2D eigenvalue weighted by Gasteiger charge is -2.21. The van der Waals surface area contributed by atoms with Gasteiger partial charge in [0.1, 0.15) is 0 Å². The van der Waals surface area contributed by atoms with Crippen LogP contribution >= 0.6 is 0 Å². The molecule has 1 atom stereocenters. The maximum absolute atomic E-state index is 11.1. The van der Waals surface area contributed by atoms with Gasteiger partial charge >= 0.3 is 0 Å². The van der Waals surface area contributed by atoms with E-state index in [-0.39, 0.29) is 5.91 Å². The van der Waals surface area contributed by atoms with Crippen molar-refractivity contribution in [3.05, 3.63) is 11.6 Å². The maximum atomic E-state index is 11.1. The van der Waals surface area contributed by atoms with Gasteiger partial charge in [0.2, 0.25) is 5.91 Å². The second-order valence-corrected chi connectivity index (χ2v) is 5.65. The van der Waals surface area contributed by atoms with Gasteiger partial charge in [-0.1, -0.05) is 57.9 Å². The quantitative estimate of drug-likeness (QED) is 0.460. The molecule has 0 radical (unpaired) electrons. The van der Waals surface area contributed by atoms with Crippen molar-refractivity contribution in [2.45, 2.75) is 71.3 Å². The molecule has 0 heterocycles. The summed E-state index contributed by atoms with van der Waals surface area (Å²) in [5.41, 5.74) is 5.95. The van der Waals surface area contributed by atoms with Crippen molar-refractivity contribution in [2.24, 2.45) is 5.73 Å². The Morgan fingerprint density at radius 1 is 1.11 bits per heavy atom. The van der Waals surface area contributed by atoms with Crippen molar-refractivity contribution in [2.75, 3.05) is 14.1 Å². The normalized spacial score (nSPS) is 13.8. The largest absolute Gasteiger partial charge is 0.366 e. The van der Waals surface area contributed by atoms with Crippen LogP contribution in [0.1, 0.15) is 65.2 Å². The van der Waals surface area contributed by atoms with Crippen molar-refractivity contribution in [3.63, 3.8) is 0 Å². The molecule has 0 saturated heterocycles. The van der Waals surface area contributed by atoms with Crippen molar-refractivity contribution in [1.82, 2.24) is 4.90 Å². The fourth-order valence-electron chi connectivity index (χ4n) is 2.17. The molecular weight excluding hydrogens is 236 g/mol. The first-order chi connectivity index (χ1) is 8.99. The molecule has 112 valence electrons. The Hall–Kier alpha value is -0.830. The minimum Gasteiger partial charge on any atom is -0.366 e. The molecule has 3 heteroatoms. The molecule has 0 aliphatic carbocycles. The monoisotopic (exact) mass is 268 g/mol. The molecule has 0 saturated carbocycles. The third-order valence-electron chi connectivity index (χ3n) is 3.60. The number of carbonyl (C=O) groups excluding carboxylic acids is 1. The topological polar surface area (TPSA) is 46.3 Å². The van der Waals surface area contributed by atoms with E-state index >= 15 is 0 Å². The highest BCUT2D eigenvalue weighted by Gasteiger charge is 2.10. The predicted molar refractivity (Wildman–Crippen MR) is 83.0 cm³/mol. The number of unbranched alkanes of at least 4 members (excludes halogenated alkanes) is 6. The first-order valence-corrected chi connectivity index (χ1v) is 7.63. The zero-order chi connectivity index (χ0) is 14.7. The molecule has 0 aromatic rings. The summed E-state index contributed by atoms with van der Waals surface area (Å²) in [6.07, 6.45) is 12.3. The molecule has 19 heavy (non-hydrogen) atoms. The summed E-state index contributed by atoms with van der Waals surface area (Å²) in [6, 6.07) is 0.322. The van der Waals surface area contributed by atoms with Crippen molar-refractivity contribution in [1.29, 1.82) is 0 Å². The van der Waals surface area contributed by atoms with Crippen molar-refractivity contribution in [3.8, 4) is 0 Å². The molecule has 1 unspecified atom stereocenters. The average molecular weight is 268 g/mol. The van der Waals surface area contributed by atoms with Gasteiger partial charge in [-0.2, -0.15) is 0 Å². The Kier molecular flexibility index (Phi) is 10.6. The number of nitrogens with zero attached hydrogens (tertiary/aromatic N) is 1. The first-order valence-electron chi connectivity index (χ1n) is 7.63. The SMILES string of the molecule is CCCCCCCCCC(C=C(C)C(N)=O)N(C)C. The van der Waals surface area contributed by atoms with Crippen LogP contribution in [0.25, 0.3) is 0 Å². The number of primary amides is 1. The number of amides is 1. The average Bonchev–Trinajstić information content (AvgIpc) is 2.35. The van der Waals surface area contributed by atoms with Crippen molar-refractivity contribution < 1.29 is 4.79 Å². The van der Waals surface area contributed by atoms with Gasteiger partial charge in [0, 0.05) is 11.6 Å². The highest BCUT2D eigenvalue weighted by atomic mass is 16.1. The van der Waals surface area contributed by atoms with E-state index in [1.807, 2.05) is 6.08 Å². The Morgan fingerprint density at radius 3 is 2.11 bits per heavy atom. The Balaban J connectivity index is 3.90. The summed E-state index contributed by atoms with van der Waals surface area (Å²) in [6.45, 7) is 4.04. The number of hydrogen-bond acceptors (Lipinski definition) is 2. The number of hydrogen-bond donors (Lipinski definition) is 1. The maximum Gasteiger partial charge on any atom is 0.244 e. The summed E-state index contributed by atoms with van der Waals surface area (Å²) in [7, 11) is 4.10. The van der Waals surface area contributed by atoms with E-state index in [9.17, 15) is 4.79 Å². The Morgan fingerprint density at radius 2 is 1.63 bits per heavy atom. The molecule has 1 amide bonds. The highest BCUT2D eigenvalue weighted by Crippen LogP contribution is 2.13. The summed E-state index contributed by atoms with van der Waals surface area (Å²) >= 11 is 0. The molecule has 0 aromatic carbocycles. The zero-order valence-corrected chi connectivity index (χ0v) is 13.2. The van der Waals surface area contributed by atoms with Gasteiger partial charge in [-0.15, -0.1) is 0 Å². The van der Waals surface area contributed by atoms with Gasteiger partial charge < -0.3 is 10.6 Å². The minimum atomic E-state index is -0.314. The third kappa shape index (κ3) is 9.71. The van der Waals surface area contributed by atoms with Gasteiger partial charge in [-0.05, 0) is 27.4 Å². The number of carbonyl (C=O) groups is 1. The van der Waals surface area contributed by atoms with Crippen LogP contribution in [0.2, 0.25) is 0 Å². The molecular formula is C16H32N2O. The Bertz CT molecular complexity index is 272. The summed E-state index contributed by atoms with van der Waals surface area (Å²) in [4.78, 5) is 13.2. The molecule has 0 rings (SSSR count). The summed E-state index contributed by atoms with van der Waals surface area (Å²) < 4.78 is 0. The Labute approximate surface area is 119 Å². The van der Waals surface area contributed by atoms with Crippen LogP contribution in [0.4, 0.5) is 0 Å². The van der Waals surface area contributed by atoms with E-state index in [0.717, 1.165) is 6.42 Å². The van der Waals surface area contributed by atoms with E-state index in [4.69, 9.17) is 5.73 Å². The molecule has 0 aliphatic rings. The third-order valence-corrected chi connectivity index (χ3v) is 3.60. The van der Waals surface area contributed by atoms with Gasteiger partial charge in [0.25, 0.3) is 0 Å². The summed E-state index contributed by atoms with van der Waals surface area (Å²) in [5.74, 6) is -0.314. The van der Waals surface area contributed by atoms with Crippen LogP contribution in [0.5, 0.6) is 0 Å². The lowest BCUT2D eigenvalue weighted by atomic mass is 10.0. The van der Waals surface area contributed by atoms with E-state index < -0.39 is 0 Å². The lowest BCUT2D eigenvalue weighted by Crippen LogP contribution is -2.27. The van der Waals surface area contributed by atoms with Crippen LogP contribution in [-0.4, -0.2) is 30.9 Å². The summed E-state index contributed by atoms with van der Waals surface area (Å²) in [5, 5.41) is 0. The highest BCUT2D eigenvalue weighted by molar-refractivity contribution is 5.91. The van der Waals surface area contributed by atoms with Crippen LogP contribution < -0.4 is 5.73 Å². The van der Waals surface area contributed by atoms with Crippen molar-refractivity contribution >= 4 is 5.91 Å². The first kappa shape index (κ1) is 18.2. The van der Waals surface area contributed by atoms with Crippen LogP contribution in [0, 0.1) is 0 Å². The van der Waals surface area contributed by atoms with E-state index in [1.54, 1.807) is 6.92 Å². The van der Waals surface area contributed by atoms with E-state index in [2.05, 4.69) is 25.9 Å². The van der Waals surface area contributed by atoms with E-state index in [1.165, 1.54) is 44.9 Å². The van der Waals surface area contributed by atoms with Gasteiger partial charge in [-0.25, -0.2) is 0 Å². The molecule has 0 aliphatic heterocycles. The van der Waals surface area contributed by atoms with Gasteiger partial charge in [0.05, 0.1) is 0 Å². The molecule has 0 aromatic heterocycles. The number of rotatable bonds is 11. The smallest absolute Gasteiger partial charge is 0.244 e. The van der Waals surface area contributed by atoms with E-state index in [0.29, 0.717) is 11.6 Å². The lowest BCUT2D eigenvalue weighted by molar-refractivity contribution is -0.114. The second kappa shape index (κ2) is 11.0. The van der Waals surface area contributed by atoms with Gasteiger partial charge in [0.15, 0.2) is 0 Å². The molecule has 3 nitrogen and oxygen atoms in total. The van der Waals surface area contributed by atoms with Crippen LogP contribution in [-0.2, 0) is 4.79 Å².